The Hall–Kier alpha value is 0.757. The van der Waals surface area contributed by atoms with Crippen molar-refractivity contribution in [1.82, 2.24) is 4.57 Å². The van der Waals surface area contributed by atoms with Crippen LogP contribution in [0.5, 0.6) is 0 Å². The Bertz CT molecular complexity index is 159. The summed E-state index contributed by atoms with van der Waals surface area (Å²) in [7, 11) is 0. The Morgan fingerprint density at radius 1 is 1.08 bits per heavy atom. The van der Waals surface area contributed by atoms with Gasteiger partial charge in [-0.15, -0.1) is 22.2 Å². The van der Waals surface area contributed by atoms with Crippen LogP contribution in [-0.2, 0) is 0 Å². The normalized spacial score (nSPS) is 21.8. The van der Waals surface area contributed by atoms with E-state index in [9.17, 15) is 0 Å². The van der Waals surface area contributed by atoms with E-state index in [0.717, 1.165) is 13.1 Å². The second-order valence-corrected chi connectivity index (χ2v) is 11.6. The first-order valence-electron chi connectivity index (χ1n) is 4.48. The lowest BCUT2D eigenvalue weighted by Crippen LogP contribution is -2.49. The molecule has 4 heteroatoms. The van der Waals surface area contributed by atoms with Gasteiger partial charge in [0.05, 0.1) is 0 Å². The predicted octanol–water partition coefficient (Wildman–Crippen LogP) is 3.30. The van der Waals surface area contributed by atoms with Crippen molar-refractivity contribution in [3.05, 3.63) is 0 Å². The van der Waals surface area contributed by atoms with Crippen molar-refractivity contribution in [2.45, 2.75) is 38.7 Å². The van der Waals surface area contributed by atoms with Gasteiger partial charge in [-0.2, -0.15) is 0 Å². The van der Waals surface area contributed by atoms with Gasteiger partial charge in [0.25, 0.3) is 0 Å². The van der Waals surface area contributed by atoms with Crippen molar-refractivity contribution in [1.29, 1.82) is 0 Å². The second-order valence-electron chi connectivity index (χ2n) is 4.49. The maximum absolute atomic E-state index is 6.45. The third-order valence-electron chi connectivity index (χ3n) is 2.41. The lowest BCUT2D eigenvalue weighted by Gasteiger charge is -2.38. The molecule has 0 aliphatic carbocycles. The highest BCUT2D eigenvalue weighted by molar-refractivity contribution is 7.45. The summed E-state index contributed by atoms with van der Waals surface area (Å²) >= 11 is 12.9. The fourth-order valence-corrected chi connectivity index (χ4v) is 4.31. The van der Waals surface area contributed by atoms with Gasteiger partial charge in [0.2, 0.25) is 0 Å². The number of halogens is 2. The van der Waals surface area contributed by atoms with Crippen LogP contribution in [0.2, 0.25) is 5.04 Å². The standard InChI is InChI=1S/C8H17Cl2NSi/c1-8(2,3)12(9,10)11-6-4-5-7-11/h4-7H2,1-3H3. The van der Waals surface area contributed by atoms with Crippen molar-refractivity contribution in [2.24, 2.45) is 0 Å². The Kier molecular flexibility index (Phi) is 3.15. The van der Waals surface area contributed by atoms with Gasteiger partial charge in [0.1, 0.15) is 0 Å². The maximum atomic E-state index is 6.45. The molecule has 0 atom stereocenters. The summed E-state index contributed by atoms with van der Waals surface area (Å²) in [6.07, 6.45) is 2.51. The van der Waals surface area contributed by atoms with Gasteiger partial charge in [-0.05, 0) is 31.0 Å². The van der Waals surface area contributed by atoms with E-state index < -0.39 is 6.86 Å². The fraction of sp³-hybridized carbons (Fsp3) is 1.00. The van der Waals surface area contributed by atoms with Gasteiger partial charge in [-0.25, -0.2) is 0 Å². The molecule has 0 unspecified atom stereocenters. The van der Waals surface area contributed by atoms with Crippen LogP contribution >= 0.6 is 22.2 Å². The zero-order valence-corrected chi connectivity index (χ0v) is 10.5. The van der Waals surface area contributed by atoms with E-state index in [1.54, 1.807) is 0 Å². The minimum atomic E-state index is -2.19. The average Bonchev–Trinajstić information content (AvgIpc) is 2.34. The molecule has 1 aliphatic rings. The number of hydrogen-bond acceptors (Lipinski definition) is 1. The number of rotatable bonds is 1. The van der Waals surface area contributed by atoms with E-state index in [4.69, 9.17) is 22.2 Å². The van der Waals surface area contributed by atoms with E-state index >= 15 is 0 Å². The Morgan fingerprint density at radius 2 is 1.50 bits per heavy atom. The van der Waals surface area contributed by atoms with Crippen LogP contribution in [0.3, 0.4) is 0 Å². The predicted molar refractivity (Wildman–Crippen MR) is 58.0 cm³/mol. The molecule has 0 bridgehead atoms. The monoisotopic (exact) mass is 225 g/mol. The van der Waals surface area contributed by atoms with E-state index in [2.05, 4.69) is 25.3 Å². The van der Waals surface area contributed by atoms with E-state index in [-0.39, 0.29) is 5.04 Å². The van der Waals surface area contributed by atoms with Gasteiger partial charge in [-0.1, -0.05) is 20.8 Å². The maximum Gasteiger partial charge on any atom is 0.330 e. The molecule has 0 N–H and O–H groups in total. The van der Waals surface area contributed by atoms with Crippen LogP contribution in [0.1, 0.15) is 33.6 Å². The molecule has 72 valence electrons. The topological polar surface area (TPSA) is 3.24 Å². The van der Waals surface area contributed by atoms with Crippen LogP contribution in [0, 0.1) is 0 Å². The van der Waals surface area contributed by atoms with Crippen molar-refractivity contribution < 1.29 is 0 Å². The lowest BCUT2D eigenvalue weighted by molar-refractivity contribution is 0.504. The van der Waals surface area contributed by atoms with Crippen molar-refractivity contribution in [2.75, 3.05) is 13.1 Å². The largest absolute Gasteiger partial charge is 0.330 e. The molecule has 0 saturated carbocycles. The fourth-order valence-electron chi connectivity index (χ4n) is 1.47. The molecular weight excluding hydrogens is 209 g/mol. The van der Waals surface area contributed by atoms with Crippen molar-refractivity contribution in [3.8, 4) is 0 Å². The summed E-state index contributed by atoms with van der Waals surface area (Å²) in [4.78, 5) is 0. The first-order valence-corrected chi connectivity index (χ1v) is 8.45. The Labute approximate surface area is 85.5 Å². The van der Waals surface area contributed by atoms with Gasteiger partial charge in [0, 0.05) is 0 Å². The molecule has 0 radical (unpaired) electrons. The quantitative estimate of drug-likeness (QED) is 0.490. The molecule has 12 heavy (non-hydrogen) atoms. The first-order chi connectivity index (χ1) is 5.36. The van der Waals surface area contributed by atoms with Crippen LogP contribution < -0.4 is 0 Å². The molecule has 0 aromatic heterocycles. The molecule has 1 heterocycles. The molecule has 1 rings (SSSR count). The van der Waals surface area contributed by atoms with E-state index in [1.807, 2.05) is 0 Å². The molecule has 0 aromatic carbocycles. The van der Waals surface area contributed by atoms with E-state index in [0.29, 0.717) is 0 Å². The number of hydrogen-bond donors (Lipinski definition) is 0. The molecule has 0 aromatic rings. The SMILES string of the molecule is CC(C)(C)[Si](Cl)(Cl)N1CCCC1. The van der Waals surface area contributed by atoms with E-state index in [1.165, 1.54) is 12.8 Å². The lowest BCUT2D eigenvalue weighted by atomic mass is 10.3. The van der Waals surface area contributed by atoms with Crippen LogP contribution in [0.25, 0.3) is 0 Å². The molecule has 1 nitrogen and oxygen atoms in total. The summed E-state index contributed by atoms with van der Waals surface area (Å²) < 4.78 is 2.30. The average molecular weight is 226 g/mol. The van der Waals surface area contributed by atoms with Gasteiger partial charge >= 0.3 is 6.86 Å². The molecule has 1 saturated heterocycles. The third-order valence-corrected chi connectivity index (χ3v) is 10.3. The zero-order valence-electron chi connectivity index (χ0n) is 8.03. The summed E-state index contributed by atoms with van der Waals surface area (Å²) in [6.45, 7) is 6.40. The van der Waals surface area contributed by atoms with Crippen LogP contribution in [0.4, 0.5) is 0 Å². The van der Waals surface area contributed by atoms with Gasteiger partial charge < -0.3 is 0 Å². The van der Waals surface area contributed by atoms with Crippen molar-refractivity contribution >= 4 is 29.0 Å². The molecule has 0 amide bonds. The minimum absolute atomic E-state index is 0.0560. The second kappa shape index (κ2) is 3.49. The first kappa shape index (κ1) is 10.8. The van der Waals surface area contributed by atoms with Gasteiger partial charge in [0.15, 0.2) is 0 Å². The summed E-state index contributed by atoms with van der Waals surface area (Å²) in [5, 5.41) is 0.0560. The Balaban J connectivity index is 2.69. The molecule has 1 fully saturated rings. The molecular formula is C8H17Cl2NSi. The van der Waals surface area contributed by atoms with Crippen molar-refractivity contribution in [3.63, 3.8) is 0 Å². The summed E-state index contributed by atoms with van der Waals surface area (Å²) in [5.74, 6) is 0. The molecule has 1 aliphatic heterocycles. The Morgan fingerprint density at radius 3 is 1.83 bits per heavy atom. The van der Waals surface area contributed by atoms with Crippen LogP contribution in [-0.4, -0.2) is 24.5 Å². The highest BCUT2D eigenvalue weighted by Crippen LogP contribution is 2.45. The number of nitrogens with zero attached hydrogens (tertiary/aromatic N) is 1. The highest BCUT2D eigenvalue weighted by Gasteiger charge is 2.48. The van der Waals surface area contributed by atoms with Gasteiger partial charge in [-0.3, -0.25) is 4.57 Å². The zero-order chi connectivity index (χ0) is 9.41. The summed E-state index contributed by atoms with van der Waals surface area (Å²) in [5.41, 5.74) is 0. The highest BCUT2D eigenvalue weighted by atomic mass is 35.7. The summed E-state index contributed by atoms with van der Waals surface area (Å²) in [6, 6.07) is 0. The third kappa shape index (κ3) is 1.98. The van der Waals surface area contributed by atoms with Crippen LogP contribution in [0.15, 0.2) is 0 Å². The minimum Gasteiger partial charge on any atom is -0.300 e. The molecule has 0 spiro atoms. The smallest absolute Gasteiger partial charge is 0.300 e.